The molecule has 10 rings (SSSR count). The minimum Gasteiger partial charge on any atom is -1.00 e. The van der Waals surface area contributed by atoms with E-state index in [1.165, 1.54) is 30.4 Å². The number of nitrogens with zero attached hydrogens (tertiary/aromatic N) is 1. The molecule has 0 radical (unpaired) electrons. The zero-order valence-corrected chi connectivity index (χ0v) is 43.0. The highest BCUT2D eigenvalue weighted by Gasteiger charge is 2.86. The molecule has 15 heteroatoms. The second-order valence-electron chi connectivity index (χ2n) is 23.0. The number of rotatable bonds is 15. The number of fused-ring (bicyclic) bond motifs is 7. The Morgan fingerprint density at radius 2 is 1.43 bits per heavy atom. The number of hydrogen-bond acceptors (Lipinski definition) is 12. The van der Waals surface area contributed by atoms with Crippen LogP contribution in [0.4, 0.5) is 4.79 Å². The Labute approximate surface area is 428 Å². The molecule has 15 atom stereocenters. The van der Waals surface area contributed by atoms with Gasteiger partial charge in [0.2, 0.25) is 6.79 Å². The van der Waals surface area contributed by atoms with E-state index in [1.54, 1.807) is 60.7 Å². The maximum Gasteiger partial charge on any atom is 0.513 e. The molecule has 14 nitrogen and oxygen atoms in total. The predicted octanol–water partition coefficient (Wildman–Crippen LogP) is 4.84. The van der Waals surface area contributed by atoms with Crippen molar-refractivity contribution in [3.63, 3.8) is 0 Å². The minimum absolute atomic E-state index is 0. The van der Waals surface area contributed by atoms with E-state index in [9.17, 15) is 39.3 Å². The summed E-state index contributed by atoms with van der Waals surface area (Å²) in [5, 5.41) is 33.1. The summed E-state index contributed by atoms with van der Waals surface area (Å²) in [6, 6.07) is 18.5. The zero-order valence-electron chi connectivity index (χ0n) is 40.9. The topological polar surface area (TPSA) is 192 Å². The van der Waals surface area contributed by atoms with Crippen molar-refractivity contribution in [2.75, 3.05) is 19.9 Å². The van der Waals surface area contributed by atoms with Crippen LogP contribution < -0.4 is 24.0 Å². The first kappa shape index (κ1) is 51.1. The van der Waals surface area contributed by atoms with Crippen LogP contribution in [0, 0.1) is 51.8 Å². The molecule has 0 amide bonds. The van der Waals surface area contributed by atoms with Crippen LogP contribution in [0.2, 0.25) is 0 Å². The number of aliphatic carboxylic acids is 1. The molecule has 2 aliphatic heterocycles. The lowest BCUT2D eigenvalue weighted by Crippen LogP contribution is -3.00. The van der Waals surface area contributed by atoms with Crippen LogP contribution in [-0.2, 0) is 48.5 Å². The van der Waals surface area contributed by atoms with Gasteiger partial charge in [0, 0.05) is 43.2 Å². The molecular weight excluding hydrogens is 1010 g/mol. The number of piperidine rings is 2. The van der Waals surface area contributed by atoms with Gasteiger partial charge in [-0.1, -0.05) is 81.4 Å². The fourth-order valence-corrected chi connectivity index (χ4v) is 17.0. The normalized spacial score (nSPS) is 37.6. The van der Waals surface area contributed by atoms with E-state index in [0.29, 0.717) is 55.3 Å². The molecule has 2 aromatic rings. The quantitative estimate of drug-likeness (QED) is 0.0723. The van der Waals surface area contributed by atoms with E-state index in [4.69, 9.17) is 23.7 Å². The van der Waals surface area contributed by atoms with Crippen LogP contribution in [0.15, 0.2) is 60.7 Å². The van der Waals surface area contributed by atoms with Gasteiger partial charge in [-0.25, -0.2) is 9.59 Å². The van der Waals surface area contributed by atoms with Crippen LogP contribution in [-0.4, -0.2) is 106 Å². The smallest absolute Gasteiger partial charge is 0.513 e. The van der Waals surface area contributed by atoms with Crippen LogP contribution in [0.5, 0.6) is 0 Å². The van der Waals surface area contributed by atoms with Crippen molar-refractivity contribution in [2.45, 2.75) is 166 Å². The number of benzene rings is 2. The predicted molar refractivity (Wildman–Crippen MR) is 248 cm³/mol. The Balaban J connectivity index is 0.00000608. The van der Waals surface area contributed by atoms with Crippen molar-refractivity contribution in [3.05, 3.63) is 71.8 Å². The van der Waals surface area contributed by atoms with E-state index in [-0.39, 0.29) is 107 Å². The molecule has 6 aliphatic carbocycles. The summed E-state index contributed by atoms with van der Waals surface area (Å²) in [6.07, 6.45) is 7.58. The highest BCUT2D eigenvalue weighted by molar-refractivity contribution is 5.88. The highest BCUT2D eigenvalue weighted by atomic mass is 127. The maximum absolute atomic E-state index is 14.7. The first-order chi connectivity index (χ1) is 33.1. The monoisotopic (exact) mass is 1080 g/mol. The molecule has 8 fully saturated rings. The molecule has 0 bridgehead atoms. The number of aliphatic hydroxyl groups excluding tert-OH is 2. The van der Waals surface area contributed by atoms with Gasteiger partial charge in [0.15, 0.2) is 0 Å². The summed E-state index contributed by atoms with van der Waals surface area (Å²) < 4.78 is 30.1. The molecule has 0 aromatic heterocycles. The van der Waals surface area contributed by atoms with Crippen LogP contribution in [0.1, 0.15) is 135 Å². The second-order valence-corrected chi connectivity index (χ2v) is 23.0. The molecule has 70 heavy (non-hydrogen) atoms. The molecule has 2 saturated heterocycles. The number of carbonyl (C=O) groups is 5. The van der Waals surface area contributed by atoms with Crippen molar-refractivity contribution >= 4 is 30.0 Å². The molecule has 382 valence electrons. The van der Waals surface area contributed by atoms with Gasteiger partial charge in [-0.2, -0.15) is 0 Å². The zero-order chi connectivity index (χ0) is 48.5. The van der Waals surface area contributed by atoms with Gasteiger partial charge in [0.05, 0.1) is 38.1 Å². The fourth-order valence-electron chi connectivity index (χ4n) is 17.0. The number of carboxylic acid groups (broad SMARTS) is 1. The lowest BCUT2D eigenvalue weighted by atomic mass is 9.39. The molecular formula is C55H72INO13. The van der Waals surface area contributed by atoms with E-state index >= 15 is 0 Å². The van der Waals surface area contributed by atoms with Crippen LogP contribution >= 0.6 is 0 Å². The molecule has 2 aromatic carbocycles. The molecule has 2 spiro atoms. The third kappa shape index (κ3) is 8.17. The number of aliphatic hydroxyl groups is 2. The Kier molecular flexibility index (Phi) is 14.3. The van der Waals surface area contributed by atoms with Crippen LogP contribution in [0.25, 0.3) is 0 Å². The van der Waals surface area contributed by atoms with E-state index in [0.717, 1.165) is 38.5 Å². The van der Waals surface area contributed by atoms with Crippen molar-refractivity contribution in [2.24, 2.45) is 51.8 Å². The average Bonchev–Trinajstić information content (AvgIpc) is 3.95. The average molecular weight is 1080 g/mol. The number of halogens is 1. The van der Waals surface area contributed by atoms with Gasteiger partial charge >= 0.3 is 30.0 Å². The summed E-state index contributed by atoms with van der Waals surface area (Å²) in [6.45, 7) is 8.16. The van der Waals surface area contributed by atoms with E-state index in [1.807, 2.05) is 0 Å². The maximum atomic E-state index is 14.7. The standard InChI is InChI=1S/C55H71NO13.HI/c1-33(16-19-46(59)60)38-17-18-39-49-40(30-44(58)53(38,39)3)52(2)24-22-37(28-36(52)29-41(49)57)67-48(62)21-20-47(61)65-32-66-51(64)69-55(34-12-6-4-7-13-34,35-14-8-5-9-15-35)50(63)68-45-31-43-54(45)25-23-42(54)56(43)26-10-11-27-56;/h4-9,12-15,33,36-45,49,57-58H,10-11,16-32H2,1-3H3;1H/t33-,36?,37-,38?,39?,40?,41-,42?,43?,44+,45?,49?,52+,53-,54?;/m1./s1. The summed E-state index contributed by atoms with van der Waals surface area (Å²) >= 11 is 0. The van der Waals surface area contributed by atoms with Gasteiger partial charge < -0.3 is 67.5 Å². The highest BCUT2D eigenvalue weighted by Crippen LogP contribution is 2.74. The number of esters is 3. The number of carboxylic acids is 1. The number of carbonyl (C=O) groups excluding carboxylic acids is 4. The molecule has 6 saturated carbocycles. The largest absolute Gasteiger partial charge is 1.00 e. The van der Waals surface area contributed by atoms with Crippen LogP contribution in [0.3, 0.4) is 0 Å². The lowest BCUT2D eigenvalue weighted by Gasteiger charge is -2.80. The molecule has 8 aliphatic rings. The summed E-state index contributed by atoms with van der Waals surface area (Å²) in [7, 11) is 0. The van der Waals surface area contributed by atoms with E-state index < -0.39 is 54.6 Å². The third-order valence-electron chi connectivity index (χ3n) is 20.4. The van der Waals surface area contributed by atoms with Gasteiger partial charge in [-0.05, 0) is 104 Å². The Hall–Kier alpha value is -3.80. The molecule has 9 unspecified atom stereocenters. The van der Waals surface area contributed by atoms with Crippen molar-refractivity contribution < 1.29 is 91.4 Å². The van der Waals surface area contributed by atoms with E-state index in [2.05, 4.69) is 20.8 Å². The molecule has 3 N–H and O–H groups in total. The third-order valence-corrected chi connectivity index (χ3v) is 20.4. The number of quaternary nitrogens is 1. The fraction of sp³-hybridized carbons (Fsp3) is 0.691. The first-order valence-corrected chi connectivity index (χ1v) is 26.0. The van der Waals surface area contributed by atoms with Crippen molar-refractivity contribution in [3.8, 4) is 0 Å². The first-order valence-electron chi connectivity index (χ1n) is 26.0. The Morgan fingerprint density at radius 3 is 2.06 bits per heavy atom. The van der Waals surface area contributed by atoms with Gasteiger partial charge in [0.1, 0.15) is 29.7 Å². The van der Waals surface area contributed by atoms with Gasteiger partial charge in [-0.3, -0.25) is 14.4 Å². The summed E-state index contributed by atoms with van der Waals surface area (Å²) in [5.41, 5.74) is -1.78. The van der Waals surface area contributed by atoms with Crippen molar-refractivity contribution in [1.29, 1.82) is 0 Å². The number of hydrogen-bond donors (Lipinski definition) is 3. The van der Waals surface area contributed by atoms with Gasteiger partial charge in [-0.15, -0.1) is 0 Å². The SMILES string of the molecule is C[C@H](CCC(=O)O)C1CCC2C3C(C[C@H](O)[C@@]21C)[C@@]1(C)CC[C@@H](OC(=O)CCC(=O)OCOC(=O)OC(C(=O)OC2CC4C25CCC5[N+]42CCCC2)(c2ccccc2)c2ccccc2)CC1C[C@H]3O.[I-]. The summed E-state index contributed by atoms with van der Waals surface area (Å²) in [5.74, 6) is -2.10. The molecule has 2 heterocycles. The van der Waals surface area contributed by atoms with Crippen molar-refractivity contribution in [1.82, 2.24) is 0 Å². The second kappa shape index (κ2) is 19.6. The lowest BCUT2D eigenvalue weighted by molar-refractivity contribution is -1.05. The Morgan fingerprint density at radius 1 is 0.757 bits per heavy atom. The number of ether oxygens (including phenoxy) is 5. The Bertz CT molecular complexity index is 2230. The summed E-state index contributed by atoms with van der Waals surface area (Å²) in [4.78, 5) is 65.7. The van der Waals surface area contributed by atoms with Gasteiger partial charge in [0.25, 0.3) is 5.60 Å². The minimum atomic E-state index is -2.00.